The lowest BCUT2D eigenvalue weighted by molar-refractivity contribution is -0.179. The maximum Gasteiger partial charge on any atom is 0.303 e. The molecule has 4 N–H and O–H groups in total. The number of carboxylic acid groups (broad SMARTS) is 1. The van der Waals surface area contributed by atoms with Gasteiger partial charge in [0.15, 0.2) is 22.8 Å². The zero-order chi connectivity index (χ0) is 31.5. The van der Waals surface area contributed by atoms with Crippen molar-refractivity contribution in [3.8, 4) is 0 Å². The molecule has 0 aromatic carbocycles. The van der Waals surface area contributed by atoms with Crippen LogP contribution in [0.4, 0.5) is 0 Å². The van der Waals surface area contributed by atoms with Gasteiger partial charge in [-0.15, -0.1) is 0 Å². The molecular formula is C32H50O9. The molecule has 41 heavy (non-hydrogen) atoms. The number of hydrogen-bond donors (Lipinski definition) is 4. The van der Waals surface area contributed by atoms with Gasteiger partial charge in [0.05, 0.1) is 29.1 Å². The van der Waals surface area contributed by atoms with Crippen molar-refractivity contribution in [2.45, 2.75) is 131 Å². The summed E-state index contributed by atoms with van der Waals surface area (Å²) < 4.78 is 6.34. The maximum atomic E-state index is 15.0. The number of rotatable bonds is 12. The van der Waals surface area contributed by atoms with Gasteiger partial charge in [0.1, 0.15) is 11.9 Å². The van der Waals surface area contributed by atoms with Crippen molar-refractivity contribution in [3.63, 3.8) is 0 Å². The van der Waals surface area contributed by atoms with Crippen LogP contribution in [0.2, 0.25) is 0 Å². The van der Waals surface area contributed by atoms with Crippen molar-refractivity contribution in [3.05, 3.63) is 11.3 Å². The molecule has 1 aliphatic heterocycles. The molecule has 0 aromatic heterocycles. The number of carbonyl (C=O) groups is 4. The van der Waals surface area contributed by atoms with E-state index >= 15 is 9.59 Å². The van der Waals surface area contributed by atoms with E-state index < -0.39 is 80.7 Å². The first-order valence-corrected chi connectivity index (χ1v) is 15.0. The van der Waals surface area contributed by atoms with E-state index in [1.165, 1.54) is 13.8 Å². The largest absolute Gasteiger partial charge is 0.490 e. The number of ether oxygens (including phenoxy) is 1. The molecule has 9 heteroatoms. The fourth-order valence-corrected chi connectivity index (χ4v) is 7.53. The predicted molar refractivity (Wildman–Crippen MR) is 152 cm³/mol. The molecule has 0 radical (unpaired) electrons. The van der Waals surface area contributed by atoms with E-state index in [0.717, 1.165) is 0 Å². The zero-order valence-corrected chi connectivity index (χ0v) is 26.2. The van der Waals surface area contributed by atoms with Gasteiger partial charge in [0.2, 0.25) is 0 Å². The monoisotopic (exact) mass is 578 g/mol. The first kappa shape index (κ1) is 33.4. The molecule has 2 fully saturated rings. The number of ketones is 3. The van der Waals surface area contributed by atoms with Crippen LogP contribution in [0.15, 0.2) is 11.3 Å². The SMILES string of the molecule is CCCC(CC(=O)O)C1=C2O[C@H](C(C)(C)O)C[C@@]23C[C@H](CC(O)C(C)(C)O)C(C)(C)[C@@](C(=O)C(C)CC)(C1=O)C3=O. The molecular weight excluding hydrogens is 528 g/mol. The number of aliphatic hydroxyl groups excluding tert-OH is 1. The van der Waals surface area contributed by atoms with E-state index in [9.17, 15) is 30.0 Å². The fraction of sp³-hybridized carbons (Fsp3) is 0.812. The number of carboxylic acids is 1. The number of allylic oxidation sites excluding steroid dienone is 2. The Bertz CT molecular complexity index is 1120. The Balaban J connectivity index is 2.46. The van der Waals surface area contributed by atoms with Gasteiger partial charge in [-0.05, 0) is 64.7 Å². The summed E-state index contributed by atoms with van der Waals surface area (Å²) in [6.07, 6.45) is -0.982. The number of Topliss-reactive ketones (excluding diaryl/α,β-unsaturated/α-hetero) is 3. The normalized spacial score (nSPS) is 31.8. The zero-order valence-electron chi connectivity index (χ0n) is 26.2. The molecule has 3 unspecified atom stereocenters. The minimum atomic E-state index is -2.13. The number of hydrogen-bond acceptors (Lipinski definition) is 8. The molecule has 3 aliphatic rings. The molecule has 1 heterocycles. The van der Waals surface area contributed by atoms with Crippen LogP contribution in [-0.4, -0.2) is 67.2 Å². The summed E-state index contributed by atoms with van der Waals surface area (Å²) in [4.78, 5) is 56.6. The van der Waals surface area contributed by atoms with Crippen LogP contribution in [0.5, 0.6) is 0 Å². The first-order chi connectivity index (χ1) is 18.6. The number of aliphatic carboxylic acids is 1. The quantitative estimate of drug-likeness (QED) is 0.251. The molecule has 2 bridgehead atoms. The van der Waals surface area contributed by atoms with Crippen molar-refractivity contribution in [1.29, 1.82) is 0 Å². The Labute approximate surface area is 243 Å². The van der Waals surface area contributed by atoms with Crippen molar-refractivity contribution in [2.24, 2.45) is 34.0 Å². The van der Waals surface area contributed by atoms with Crippen molar-refractivity contribution >= 4 is 23.3 Å². The van der Waals surface area contributed by atoms with Gasteiger partial charge in [-0.25, -0.2) is 0 Å². The second kappa shape index (κ2) is 10.9. The third-order valence-corrected chi connectivity index (χ3v) is 10.4. The average molecular weight is 579 g/mol. The lowest BCUT2D eigenvalue weighted by atomic mass is 9.38. The third kappa shape index (κ3) is 5.10. The standard InChI is InChI=1S/C32H50O9/c1-10-12-18(13-22(34)35)23-25(37)32(24(36)17(3)11-2)27(38)31(16-21(30(8,9)40)41-26(23)31)15-19(28(32,4)5)14-20(33)29(6,7)39/h17-21,33,39-40H,10-16H2,1-9H3,(H,34,35)/t17?,18?,19-,20?,21-,31-,32-/m0/s1. The fourth-order valence-electron chi connectivity index (χ4n) is 7.53. The molecule has 2 aliphatic carbocycles. The second-order valence-corrected chi connectivity index (χ2v) is 14.5. The molecule has 232 valence electrons. The number of carbonyl (C=O) groups excluding carboxylic acids is 3. The first-order valence-electron chi connectivity index (χ1n) is 15.0. The van der Waals surface area contributed by atoms with Crippen LogP contribution in [0, 0.1) is 34.0 Å². The molecule has 9 nitrogen and oxygen atoms in total. The van der Waals surface area contributed by atoms with Gasteiger partial charge in [-0.3, -0.25) is 19.2 Å². The van der Waals surface area contributed by atoms with Crippen LogP contribution in [-0.2, 0) is 23.9 Å². The molecule has 1 saturated carbocycles. The molecule has 7 atom stereocenters. The van der Waals surface area contributed by atoms with E-state index in [1.54, 1.807) is 34.6 Å². The van der Waals surface area contributed by atoms with Crippen LogP contribution >= 0.6 is 0 Å². The maximum absolute atomic E-state index is 15.0. The summed E-state index contributed by atoms with van der Waals surface area (Å²) in [5.41, 5.74) is -7.65. The van der Waals surface area contributed by atoms with Crippen molar-refractivity contribution in [1.82, 2.24) is 0 Å². The summed E-state index contributed by atoms with van der Waals surface area (Å²) in [7, 11) is 0. The molecule has 1 spiro atoms. The van der Waals surface area contributed by atoms with E-state index in [4.69, 9.17) is 4.74 Å². The highest BCUT2D eigenvalue weighted by molar-refractivity contribution is 6.33. The van der Waals surface area contributed by atoms with Gasteiger partial charge in [-0.2, -0.15) is 0 Å². The van der Waals surface area contributed by atoms with E-state index in [0.29, 0.717) is 19.3 Å². The van der Waals surface area contributed by atoms with Crippen LogP contribution in [0.25, 0.3) is 0 Å². The Morgan fingerprint density at radius 2 is 1.66 bits per heavy atom. The lowest BCUT2D eigenvalue weighted by Gasteiger charge is -2.60. The summed E-state index contributed by atoms with van der Waals surface area (Å²) in [6.45, 7) is 14.9. The smallest absolute Gasteiger partial charge is 0.303 e. The average Bonchev–Trinajstić information content (AvgIpc) is 3.22. The summed E-state index contributed by atoms with van der Waals surface area (Å²) in [5, 5.41) is 42.5. The predicted octanol–water partition coefficient (Wildman–Crippen LogP) is 4.00. The van der Waals surface area contributed by atoms with E-state index in [1.807, 2.05) is 13.8 Å². The highest BCUT2D eigenvalue weighted by Gasteiger charge is 2.78. The minimum absolute atomic E-state index is 0.0219. The van der Waals surface area contributed by atoms with Crippen molar-refractivity contribution in [2.75, 3.05) is 0 Å². The van der Waals surface area contributed by atoms with Gasteiger partial charge in [0.25, 0.3) is 0 Å². The van der Waals surface area contributed by atoms with Crippen LogP contribution in [0.3, 0.4) is 0 Å². The number of fused-ring (bicyclic) bond motifs is 1. The summed E-state index contributed by atoms with van der Waals surface area (Å²) >= 11 is 0. The highest BCUT2D eigenvalue weighted by Crippen LogP contribution is 2.69. The Morgan fingerprint density at radius 1 is 1.07 bits per heavy atom. The summed E-state index contributed by atoms with van der Waals surface area (Å²) in [5.74, 6) is -4.77. The topological polar surface area (TPSA) is 158 Å². The third-order valence-electron chi connectivity index (χ3n) is 10.4. The Hall–Kier alpha value is -2.10. The van der Waals surface area contributed by atoms with Gasteiger partial charge in [0, 0.05) is 23.8 Å². The molecule has 3 rings (SSSR count). The van der Waals surface area contributed by atoms with Gasteiger partial charge < -0.3 is 25.2 Å². The Kier molecular flexibility index (Phi) is 8.86. The van der Waals surface area contributed by atoms with Gasteiger partial charge in [-0.1, -0.05) is 41.0 Å². The summed E-state index contributed by atoms with van der Waals surface area (Å²) in [6, 6.07) is 0. The van der Waals surface area contributed by atoms with Crippen LogP contribution in [0.1, 0.15) is 107 Å². The minimum Gasteiger partial charge on any atom is -0.490 e. The van der Waals surface area contributed by atoms with E-state index in [2.05, 4.69) is 0 Å². The van der Waals surface area contributed by atoms with E-state index in [-0.39, 0.29) is 37.0 Å². The second-order valence-electron chi connectivity index (χ2n) is 14.5. The Morgan fingerprint density at radius 3 is 2.12 bits per heavy atom. The molecule has 1 saturated heterocycles. The number of aliphatic hydroxyl groups is 3. The lowest BCUT2D eigenvalue weighted by Crippen LogP contribution is -2.70. The molecule has 0 aromatic rings. The van der Waals surface area contributed by atoms with Crippen molar-refractivity contribution < 1.29 is 44.3 Å². The van der Waals surface area contributed by atoms with Gasteiger partial charge >= 0.3 is 5.97 Å². The van der Waals surface area contributed by atoms with Crippen LogP contribution < -0.4 is 0 Å². The highest BCUT2D eigenvalue weighted by atomic mass is 16.5. The molecule has 0 amide bonds.